The first-order chi connectivity index (χ1) is 4.00. The monoisotopic (exact) mass is 152 g/mol. The molecular formula is C3H4O5S. The first-order valence-electron chi connectivity index (χ1n) is 1.78. The fourth-order valence-electron chi connectivity index (χ4n) is 0.131. The predicted molar refractivity (Wildman–Crippen MR) is 28.2 cm³/mol. The van der Waals surface area contributed by atoms with Crippen LogP contribution in [0.1, 0.15) is 0 Å². The van der Waals surface area contributed by atoms with Crippen LogP contribution in [0.25, 0.3) is 0 Å². The molecule has 0 heterocycles. The first kappa shape index (κ1) is 7.96. The van der Waals surface area contributed by atoms with Gasteiger partial charge in [-0.2, -0.15) is 8.42 Å². The maximum absolute atomic E-state index is 10.0. The smallest absolute Gasteiger partial charge is 0.461 e. The normalized spacial score (nSPS) is 10.2. The van der Waals surface area contributed by atoms with Crippen molar-refractivity contribution in [1.29, 1.82) is 0 Å². The molecule has 52 valence electrons. The largest absolute Gasteiger partial charge is 0.467 e. The topological polar surface area (TPSA) is 80.7 Å². The summed E-state index contributed by atoms with van der Waals surface area (Å²) in [6, 6.07) is 0. The van der Waals surface area contributed by atoms with Gasteiger partial charge in [0.1, 0.15) is 0 Å². The molecule has 0 aromatic rings. The standard InChI is InChI=1S/C3H4O5S/c1-2-8-9(6,7)3(4)5/h2H,1H2,(H,4,5). The fourth-order valence-corrected chi connectivity index (χ4v) is 0.392. The number of carboxylic acid groups (broad SMARTS) is 1. The molecule has 9 heavy (non-hydrogen) atoms. The molecule has 0 atom stereocenters. The molecule has 0 amide bonds. The fraction of sp³-hybridized carbons (Fsp3) is 0. The van der Waals surface area contributed by atoms with Crippen LogP contribution in [0.15, 0.2) is 12.8 Å². The Morgan fingerprint density at radius 2 is 2.11 bits per heavy atom. The Balaban J connectivity index is 4.41. The first-order valence-corrected chi connectivity index (χ1v) is 3.18. The summed E-state index contributed by atoms with van der Waals surface area (Å²) in [7, 11) is -4.45. The van der Waals surface area contributed by atoms with Crippen molar-refractivity contribution in [3.8, 4) is 0 Å². The maximum atomic E-state index is 10.0. The van der Waals surface area contributed by atoms with Crippen molar-refractivity contribution in [3.05, 3.63) is 12.8 Å². The van der Waals surface area contributed by atoms with Crippen LogP contribution in [0.3, 0.4) is 0 Å². The summed E-state index contributed by atoms with van der Waals surface area (Å²) in [6.07, 6.45) is 0.531. The molecule has 6 heteroatoms. The molecule has 0 fully saturated rings. The highest BCUT2D eigenvalue weighted by atomic mass is 32.2. The van der Waals surface area contributed by atoms with Crippen molar-refractivity contribution in [2.75, 3.05) is 0 Å². The van der Waals surface area contributed by atoms with Crippen LogP contribution in [-0.2, 0) is 14.3 Å². The van der Waals surface area contributed by atoms with Gasteiger partial charge in [-0.3, -0.25) is 0 Å². The van der Waals surface area contributed by atoms with Gasteiger partial charge in [-0.25, -0.2) is 4.79 Å². The minimum atomic E-state index is -4.45. The van der Waals surface area contributed by atoms with Crippen molar-refractivity contribution in [1.82, 2.24) is 0 Å². The number of carbonyl (C=O) groups is 1. The van der Waals surface area contributed by atoms with Gasteiger partial charge in [-0.1, -0.05) is 6.58 Å². The van der Waals surface area contributed by atoms with Crippen LogP contribution in [0.4, 0.5) is 4.79 Å². The van der Waals surface area contributed by atoms with Gasteiger partial charge in [0, 0.05) is 0 Å². The molecule has 0 spiro atoms. The van der Waals surface area contributed by atoms with E-state index in [4.69, 9.17) is 5.11 Å². The molecule has 0 bridgehead atoms. The molecule has 5 nitrogen and oxygen atoms in total. The minimum Gasteiger partial charge on any atom is -0.467 e. The van der Waals surface area contributed by atoms with Crippen LogP contribution in [0, 0.1) is 0 Å². The highest BCUT2D eigenvalue weighted by molar-refractivity contribution is 8.01. The summed E-state index contributed by atoms with van der Waals surface area (Å²) in [5.74, 6) is 0. The second kappa shape index (κ2) is 2.49. The molecule has 0 aromatic heterocycles. The Kier molecular flexibility index (Phi) is 2.20. The van der Waals surface area contributed by atoms with E-state index in [0.717, 1.165) is 0 Å². The Morgan fingerprint density at radius 3 is 2.22 bits per heavy atom. The van der Waals surface area contributed by atoms with Crippen molar-refractivity contribution in [3.63, 3.8) is 0 Å². The van der Waals surface area contributed by atoms with Gasteiger partial charge in [-0.15, -0.1) is 0 Å². The molecule has 1 N–H and O–H groups in total. The lowest BCUT2D eigenvalue weighted by Crippen LogP contribution is -2.11. The molecule has 0 unspecified atom stereocenters. The predicted octanol–water partition coefficient (Wildman–Crippen LogP) is 0.154. The summed E-state index contributed by atoms with van der Waals surface area (Å²) in [5.41, 5.74) is 0. The average molecular weight is 152 g/mol. The van der Waals surface area contributed by atoms with Crippen LogP contribution in [0.2, 0.25) is 0 Å². The van der Waals surface area contributed by atoms with E-state index < -0.39 is 15.4 Å². The van der Waals surface area contributed by atoms with E-state index in [2.05, 4.69) is 10.8 Å². The van der Waals surface area contributed by atoms with Crippen LogP contribution in [0.5, 0.6) is 0 Å². The van der Waals surface area contributed by atoms with E-state index in [1.165, 1.54) is 0 Å². The van der Waals surface area contributed by atoms with Crippen molar-refractivity contribution >= 4 is 15.4 Å². The zero-order chi connectivity index (χ0) is 7.49. The van der Waals surface area contributed by atoms with Gasteiger partial charge in [-0.05, 0) is 0 Å². The molecular weight excluding hydrogens is 148 g/mol. The number of rotatable bonds is 2. The third-order valence-corrected chi connectivity index (χ3v) is 1.23. The van der Waals surface area contributed by atoms with E-state index in [9.17, 15) is 13.2 Å². The van der Waals surface area contributed by atoms with E-state index in [0.29, 0.717) is 6.26 Å². The third kappa shape index (κ3) is 2.13. The van der Waals surface area contributed by atoms with Crippen molar-refractivity contribution in [2.24, 2.45) is 0 Å². The van der Waals surface area contributed by atoms with Gasteiger partial charge >= 0.3 is 15.4 Å². The third-order valence-electron chi connectivity index (χ3n) is 0.409. The summed E-state index contributed by atoms with van der Waals surface area (Å²) in [5, 5.41) is 5.79. The number of hydrogen-bond donors (Lipinski definition) is 1. The molecule has 0 aliphatic carbocycles. The van der Waals surface area contributed by atoms with E-state index >= 15 is 0 Å². The summed E-state index contributed by atoms with van der Waals surface area (Å²) >= 11 is 0. The second-order valence-electron chi connectivity index (χ2n) is 0.983. The van der Waals surface area contributed by atoms with Gasteiger partial charge in [0.2, 0.25) is 0 Å². The van der Waals surface area contributed by atoms with E-state index in [1.807, 2.05) is 0 Å². The molecule has 0 aliphatic rings. The molecule has 0 aromatic carbocycles. The highest BCUT2D eigenvalue weighted by Gasteiger charge is 2.20. The summed E-state index contributed by atoms with van der Waals surface area (Å²) in [6.45, 7) is 2.86. The van der Waals surface area contributed by atoms with Crippen molar-refractivity contribution in [2.45, 2.75) is 0 Å². The highest BCUT2D eigenvalue weighted by Crippen LogP contribution is 1.92. The Hall–Kier alpha value is -1.04. The zero-order valence-electron chi connectivity index (χ0n) is 4.27. The zero-order valence-corrected chi connectivity index (χ0v) is 5.09. The van der Waals surface area contributed by atoms with Gasteiger partial charge in [0.25, 0.3) is 0 Å². The summed E-state index contributed by atoms with van der Waals surface area (Å²) < 4.78 is 23.7. The quantitative estimate of drug-likeness (QED) is 0.450. The van der Waals surface area contributed by atoms with Crippen molar-refractivity contribution < 1.29 is 22.5 Å². The lowest BCUT2D eigenvalue weighted by atomic mass is 11.2. The van der Waals surface area contributed by atoms with Gasteiger partial charge in [0.05, 0.1) is 6.26 Å². The SMILES string of the molecule is C=COS(=O)(=O)C(=O)O. The molecule has 0 aliphatic heterocycles. The Bertz CT molecular complexity index is 212. The lowest BCUT2D eigenvalue weighted by Gasteiger charge is -1.92. The minimum absolute atomic E-state index is 0.531. The maximum Gasteiger partial charge on any atom is 0.461 e. The summed E-state index contributed by atoms with van der Waals surface area (Å²) in [4.78, 5) is 9.65. The molecule has 0 saturated carbocycles. The van der Waals surface area contributed by atoms with E-state index in [-0.39, 0.29) is 0 Å². The lowest BCUT2D eigenvalue weighted by molar-refractivity contribution is 0.215. The Morgan fingerprint density at radius 1 is 1.67 bits per heavy atom. The molecule has 0 saturated heterocycles. The van der Waals surface area contributed by atoms with E-state index in [1.54, 1.807) is 0 Å². The number of hydrogen-bond acceptors (Lipinski definition) is 4. The average Bonchev–Trinajstić information content (AvgIpc) is 1.65. The second-order valence-corrected chi connectivity index (χ2v) is 2.43. The Labute approximate surface area is 51.7 Å². The van der Waals surface area contributed by atoms with Crippen LogP contribution in [-0.4, -0.2) is 18.8 Å². The molecule has 0 radical (unpaired) electrons. The molecule has 0 rings (SSSR count). The van der Waals surface area contributed by atoms with Crippen LogP contribution >= 0.6 is 0 Å². The van der Waals surface area contributed by atoms with Gasteiger partial charge < -0.3 is 9.29 Å². The van der Waals surface area contributed by atoms with Crippen LogP contribution < -0.4 is 0 Å². The van der Waals surface area contributed by atoms with Gasteiger partial charge in [0.15, 0.2) is 0 Å².